The largest absolute Gasteiger partial charge is 0.463 e. The molecule has 7 heteroatoms. The first kappa shape index (κ1) is 13.4. The van der Waals surface area contributed by atoms with Gasteiger partial charge in [0.2, 0.25) is 5.91 Å². The summed E-state index contributed by atoms with van der Waals surface area (Å²) in [5.41, 5.74) is 0.855. The first-order valence-corrected chi connectivity index (χ1v) is 6.92. The van der Waals surface area contributed by atoms with Crippen LogP contribution in [-0.4, -0.2) is 34.6 Å². The number of carbonyl (C=O) groups excluding carboxylic acids is 2. The van der Waals surface area contributed by atoms with Crippen LogP contribution >= 0.6 is 0 Å². The Hall–Kier alpha value is -2.57. The van der Waals surface area contributed by atoms with Gasteiger partial charge in [-0.15, -0.1) is 0 Å². The van der Waals surface area contributed by atoms with Crippen LogP contribution in [0, 0.1) is 0 Å². The molecule has 1 aliphatic heterocycles. The number of furan rings is 1. The van der Waals surface area contributed by atoms with Crippen LogP contribution in [0.4, 0.5) is 0 Å². The molecule has 0 radical (unpaired) electrons. The van der Waals surface area contributed by atoms with Crippen molar-refractivity contribution in [3.8, 4) is 11.5 Å². The van der Waals surface area contributed by atoms with E-state index in [4.69, 9.17) is 4.42 Å². The molecule has 1 aliphatic rings. The van der Waals surface area contributed by atoms with Crippen LogP contribution in [0.15, 0.2) is 28.9 Å². The molecule has 3 N–H and O–H groups in total. The average molecular weight is 288 g/mol. The van der Waals surface area contributed by atoms with E-state index in [1.165, 1.54) is 0 Å². The fourth-order valence-corrected chi connectivity index (χ4v) is 2.31. The molecule has 0 saturated carbocycles. The number of aromatic nitrogens is 2. The molecule has 21 heavy (non-hydrogen) atoms. The van der Waals surface area contributed by atoms with Gasteiger partial charge in [0.1, 0.15) is 11.7 Å². The molecule has 7 nitrogen and oxygen atoms in total. The zero-order valence-electron chi connectivity index (χ0n) is 11.4. The topological polar surface area (TPSA) is 100 Å². The smallest absolute Gasteiger partial charge is 0.272 e. The zero-order chi connectivity index (χ0) is 14.7. The molecule has 0 spiro atoms. The van der Waals surface area contributed by atoms with Crippen LogP contribution in [0.25, 0.3) is 11.5 Å². The lowest BCUT2D eigenvalue weighted by molar-refractivity contribution is -0.122. The lowest BCUT2D eigenvalue weighted by Crippen LogP contribution is -2.45. The second-order valence-corrected chi connectivity index (χ2v) is 4.96. The van der Waals surface area contributed by atoms with Crippen LogP contribution in [0.3, 0.4) is 0 Å². The summed E-state index contributed by atoms with van der Waals surface area (Å²) >= 11 is 0. The van der Waals surface area contributed by atoms with E-state index in [0.717, 1.165) is 12.8 Å². The summed E-state index contributed by atoms with van der Waals surface area (Å²) in [6.07, 6.45) is 4.03. The minimum Gasteiger partial charge on any atom is -0.463 e. The fourth-order valence-electron chi connectivity index (χ4n) is 2.31. The molecule has 0 unspecified atom stereocenters. The van der Waals surface area contributed by atoms with Crippen molar-refractivity contribution in [3.05, 3.63) is 30.2 Å². The number of amides is 2. The summed E-state index contributed by atoms with van der Waals surface area (Å²) in [4.78, 5) is 24.0. The number of carbonyl (C=O) groups is 2. The van der Waals surface area contributed by atoms with E-state index in [1.54, 1.807) is 24.5 Å². The Morgan fingerprint density at radius 2 is 2.33 bits per heavy atom. The second kappa shape index (κ2) is 5.82. The van der Waals surface area contributed by atoms with Crippen molar-refractivity contribution in [1.82, 2.24) is 20.8 Å². The van der Waals surface area contributed by atoms with Gasteiger partial charge in [0.25, 0.3) is 5.91 Å². The standard InChI is InChI=1S/C14H16N4O3/c19-13-9(4-1-2-6-15-13)16-14(20)11-8-10(17-18-11)12-5-3-7-21-12/h3,5,7-9H,1-2,4,6H2,(H,15,19)(H,16,20)(H,17,18)/t9-/m1/s1. The normalized spacial score (nSPS) is 18.9. The van der Waals surface area contributed by atoms with Crippen molar-refractivity contribution < 1.29 is 14.0 Å². The maximum absolute atomic E-state index is 12.1. The fraction of sp³-hybridized carbons (Fsp3) is 0.357. The highest BCUT2D eigenvalue weighted by atomic mass is 16.3. The van der Waals surface area contributed by atoms with Gasteiger partial charge in [0, 0.05) is 12.6 Å². The van der Waals surface area contributed by atoms with Gasteiger partial charge in [-0.1, -0.05) is 0 Å². The first-order chi connectivity index (χ1) is 10.2. The van der Waals surface area contributed by atoms with Crippen LogP contribution < -0.4 is 10.6 Å². The lowest BCUT2D eigenvalue weighted by atomic mass is 10.1. The summed E-state index contributed by atoms with van der Waals surface area (Å²) in [7, 11) is 0. The molecule has 1 fully saturated rings. The lowest BCUT2D eigenvalue weighted by Gasteiger charge is -2.13. The van der Waals surface area contributed by atoms with Crippen molar-refractivity contribution >= 4 is 11.8 Å². The van der Waals surface area contributed by atoms with Gasteiger partial charge in [0.05, 0.1) is 6.26 Å². The maximum Gasteiger partial charge on any atom is 0.272 e. The van der Waals surface area contributed by atoms with Crippen molar-refractivity contribution in [3.63, 3.8) is 0 Å². The van der Waals surface area contributed by atoms with Gasteiger partial charge in [-0.05, 0) is 31.4 Å². The molecule has 0 aliphatic carbocycles. The third-order valence-corrected chi connectivity index (χ3v) is 3.44. The summed E-state index contributed by atoms with van der Waals surface area (Å²) in [6, 6.07) is 4.63. The number of hydrogen-bond donors (Lipinski definition) is 3. The number of nitrogens with zero attached hydrogens (tertiary/aromatic N) is 1. The highest BCUT2D eigenvalue weighted by molar-refractivity contribution is 5.96. The molecule has 2 aromatic rings. The van der Waals surface area contributed by atoms with E-state index in [9.17, 15) is 9.59 Å². The molecule has 0 aromatic carbocycles. The Morgan fingerprint density at radius 1 is 1.43 bits per heavy atom. The number of aromatic amines is 1. The van der Waals surface area contributed by atoms with Crippen LogP contribution in [0.1, 0.15) is 29.8 Å². The average Bonchev–Trinajstić information content (AvgIpc) is 3.12. The third kappa shape index (κ3) is 2.96. The van der Waals surface area contributed by atoms with E-state index in [0.29, 0.717) is 24.4 Å². The van der Waals surface area contributed by atoms with Crippen molar-refractivity contribution in [2.75, 3.05) is 6.54 Å². The maximum atomic E-state index is 12.1. The Labute approximate surface area is 121 Å². The highest BCUT2D eigenvalue weighted by Gasteiger charge is 2.24. The summed E-state index contributed by atoms with van der Waals surface area (Å²) in [5.74, 6) is 0.0995. The quantitative estimate of drug-likeness (QED) is 0.786. The van der Waals surface area contributed by atoms with Crippen LogP contribution in [0.5, 0.6) is 0 Å². The molecular formula is C14H16N4O3. The van der Waals surface area contributed by atoms with Gasteiger partial charge >= 0.3 is 0 Å². The number of hydrogen-bond acceptors (Lipinski definition) is 4. The summed E-state index contributed by atoms with van der Waals surface area (Å²) < 4.78 is 5.23. The minimum atomic E-state index is -0.497. The summed E-state index contributed by atoms with van der Waals surface area (Å²) in [5, 5.41) is 12.2. The molecule has 3 rings (SSSR count). The van der Waals surface area contributed by atoms with E-state index < -0.39 is 6.04 Å². The molecule has 1 atom stereocenters. The van der Waals surface area contributed by atoms with Gasteiger partial charge in [-0.2, -0.15) is 5.10 Å². The molecule has 2 amide bonds. The predicted octanol–water partition coefficient (Wildman–Crippen LogP) is 1.07. The Balaban J connectivity index is 1.69. The predicted molar refractivity (Wildman–Crippen MR) is 74.4 cm³/mol. The molecule has 110 valence electrons. The second-order valence-electron chi connectivity index (χ2n) is 4.96. The Kier molecular flexibility index (Phi) is 3.72. The van der Waals surface area contributed by atoms with Crippen molar-refractivity contribution in [2.45, 2.75) is 25.3 Å². The highest BCUT2D eigenvalue weighted by Crippen LogP contribution is 2.17. The molecule has 2 aromatic heterocycles. The molecular weight excluding hydrogens is 272 g/mol. The molecule has 3 heterocycles. The Bertz CT molecular complexity index is 632. The Morgan fingerprint density at radius 3 is 3.14 bits per heavy atom. The number of H-pyrrole nitrogens is 1. The van der Waals surface area contributed by atoms with E-state index >= 15 is 0 Å². The van der Waals surface area contributed by atoms with E-state index in [1.807, 2.05) is 0 Å². The number of rotatable bonds is 3. The molecule has 0 bridgehead atoms. The number of nitrogens with one attached hydrogen (secondary N) is 3. The van der Waals surface area contributed by atoms with E-state index in [-0.39, 0.29) is 17.5 Å². The van der Waals surface area contributed by atoms with Gasteiger partial charge in [0.15, 0.2) is 11.5 Å². The van der Waals surface area contributed by atoms with Crippen LogP contribution in [0.2, 0.25) is 0 Å². The monoisotopic (exact) mass is 288 g/mol. The SMILES string of the molecule is O=C(N[C@@H]1CCCCNC1=O)c1cc(-c2ccco2)[nH]n1. The molecule has 1 saturated heterocycles. The van der Waals surface area contributed by atoms with Gasteiger partial charge in [-0.3, -0.25) is 14.7 Å². The van der Waals surface area contributed by atoms with Gasteiger partial charge in [-0.25, -0.2) is 0 Å². The minimum absolute atomic E-state index is 0.136. The zero-order valence-corrected chi connectivity index (χ0v) is 11.4. The van der Waals surface area contributed by atoms with E-state index in [2.05, 4.69) is 20.8 Å². The van der Waals surface area contributed by atoms with Gasteiger partial charge < -0.3 is 15.1 Å². The van der Waals surface area contributed by atoms with Crippen LogP contribution in [-0.2, 0) is 4.79 Å². The van der Waals surface area contributed by atoms with Crippen molar-refractivity contribution in [1.29, 1.82) is 0 Å². The third-order valence-electron chi connectivity index (χ3n) is 3.44. The first-order valence-electron chi connectivity index (χ1n) is 6.92. The van der Waals surface area contributed by atoms with Crippen molar-refractivity contribution in [2.24, 2.45) is 0 Å². The summed E-state index contributed by atoms with van der Waals surface area (Å²) in [6.45, 7) is 0.663.